The second-order valence-electron chi connectivity index (χ2n) is 4.62. The number of nitrogens with two attached hydrogens (primary N) is 1. The van der Waals surface area contributed by atoms with Gasteiger partial charge < -0.3 is 10.6 Å². The molecule has 2 N–H and O–H groups in total. The Morgan fingerprint density at radius 3 is 2.79 bits per heavy atom. The lowest BCUT2D eigenvalue weighted by Crippen LogP contribution is -2.23. The average molecular weight is 260 g/mol. The van der Waals surface area contributed by atoms with Gasteiger partial charge in [-0.25, -0.2) is 4.98 Å². The Labute approximate surface area is 113 Å². The maximum Gasteiger partial charge on any atom is 0.221 e. The third-order valence-electron chi connectivity index (χ3n) is 3.10. The van der Waals surface area contributed by atoms with Crippen LogP contribution in [0.25, 0.3) is 0 Å². The van der Waals surface area contributed by atoms with Crippen molar-refractivity contribution in [2.24, 2.45) is 7.05 Å². The molecule has 0 aliphatic rings. The van der Waals surface area contributed by atoms with Crippen molar-refractivity contribution in [3.05, 3.63) is 29.7 Å². The Hall–Kier alpha value is -2.11. The Balaban J connectivity index is 2.06. The van der Waals surface area contributed by atoms with Crippen molar-refractivity contribution in [3.63, 3.8) is 0 Å². The van der Waals surface area contributed by atoms with Crippen molar-refractivity contribution >= 4 is 11.8 Å². The molecule has 0 aliphatic carbocycles. The van der Waals surface area contributed by atoms with E-state index >= 15 is 0 Å². The lowest BCUT2D eigenvalue weighted by atomic mass is 10.2. The Morgan fingerprint density at radius 2 is 2.16 bits per heavy atom. The van der Waals surface area contributed by atoms with Crippen molar-refractivity contribution in [2.45, 2.75) is 19.8 Å². The molecule has 0 saturated heterocycles. The first kappa shape index (κ1) is 13.3. The van der Waals surface area contributed by atoms with Crippen LogP contribution in [0.4, 0.5) is 11.8 Å². The summed E-state index contributed by atoms with van der Waals surface area (Å²) in [6, 6.07) is 0. The van der Waals surface area contributed by atoms with Gasteiger partial charge in [0.25, 0.3) is 0 Å². The molecule has 2 aromatic rings. The number of nitrogens with zero attached hydrogens (tertiary/aromatic N) is 5. The van der Waals surface area contributed by atoms with Crippen molar-refractivity contribution in [1.82, 2.24) is 19.7 Å². The normalized spacial score (nSPS) is 10.7. The number of aryl methyl sites for hydroxylation is 2. The fraction of sp³-hybridized carbons (Fsp3) is 0.462. The van der Waals surface area contributed by atoms with Crippen LogP contribution in [-0.2, 0) is 19.9 Å². The zero-order chi connectivity index (χ0) is 13.8. The van der Waals surface area contributed by atoms with Crippen LogP contribution in [0.3, 0.4) is 0 Å². The fourth-order valence-corrected chi connectivity index (χ4v) is 1.99. The molecular weight excluding hydrogens is 240 g/mol. The summed E-state index contributed by atoms with van der Waals surface area (Å²) in [4.78, 5) is 10.5. The number of aromatic nitrogens is 4. The number of rotatable bonds is 5. The van der Waals surface area contributed by atoms with E-state index < -0.39 is 0 Å². The maximum absolute atomic E-state index is 5.67. The van der Waals surface area contributed by atoms with E-state index in [1.165, 1.54) is 5.56 Å². The summed E-state index contributed by atoms with van der Waals surface area (Å²) in [7, 11) is 3.95. The first-order chi connectivity index (χ1) is 9.10. The first-order valence-electron chi connectivity index (χ1n) is 6.40. The van der Waals surface area contributed by atoms with Crippen LogP contribution in [0.1, 0.15) is 18.1 Å². The second-order valence-corrected chi connectivity index (χ2v) is 4.62. The van der Waals surface area contributed by atoms with Crippen molar-refractivity contribution in [2.75, 3.05) is 24.2 Å². The van der Waals surface area contributed by atoms with Gasteiger partial charge in [0.2, 0.25) is 5.95 Å². The van der Waals surface area contributed by atoms with E-state index in [0.29, 0.717) is 5.95 Å². The van der Waals surface area contributed by atoms with Gasteiger partial charge in [-0.1, -0.05) is 6.92 Å². The van der Waals surface area contributed by atoms with Gasteiger partial charge in [0.05, 0.1) is 6.20 Å². The van der Waals surface area contributed by atoms with E-state index in [0.717, 1.165) is 30.8 Å². The predicted molar refractivity (Wildman–Crippen MR) is 76.0 cm³/mol. The van der Waals surface area contributed by atoms with Crippen LogP contribution in [0.5, 0.6) is 0 Å². The third kappa shape index (κ3) is 3.21. The second kappa shape index (κ2) is 5.69. The summed E-state index contributed by atoms with van der Waals surface area (Å²) >= 11 is 0. The SMILES string of the molecule is CCc1cnc(N)nc1N(C)CCc1cnn(C)c1. The Bertz CT molecular complexity index is 548. The summed E-state index contributed by atoms with van der Waals surface area (Å²) < 4.78 is 1.81. The van der Waals surface area contributed by atoms with E-state index in [2.05, 4.69) is 26.9 Å². The molecule has 6 heteroatoms. The van der Waals surface area contributed by atoms with Gasteiger partial charge >= 0.3 is 0 Å². The Morgan fingerprint density at radius 1 is 1.37 bits per heavy atom. The minimum Gasteiger partial charge on any atom is -0.368 e. The highest BCUT2D eigenvalue weighted by molar-refractivity contribution is 5.48. The quantitative estimate of drug-likeness (QED) is 0.869. The van der Waals surface area contributed by atoms with Gasteiger partial charge in [-0.3, -0.25) is 4.68 Å². The number of likely N-dealkylation sites (N-methyl/N-ethyl adjacent to an activating group) is 1. The van der Waals surface area contributed by atoms with Gasteiger partial charge in [0.1, 0.15) is 5.82 Å². The number of nitrogen functional groups attached to an aromatic ring is 1. The summed E-state index contributed by atoms with van der Waals surface area (Å²) in [6.45, 7) is 2.96. The van der Waals surface area contributed by atoms with E-state index in [1.807, 2.05) is 31.2 Å². The van der Waals surface area contributed by atoms with Crippen LogP contribution < -0.4 is 10.6 Å². The van der Waals surface area contributed by atoms with Gasteiger partial charge in [0.15, 0.2) is 0 Å². The van der Waals surface area contributed by atoms with E-state index in [1.54, 1.807) is 6.20 Å². The number of anilines is 2. The van der Waals surface area contributed by atoms with Crippen LogP contribution in [0, 0.1) is 0 Å². The molecular formula is C13H20N6. The minimum atomic E-state index is 0.320. The maximum atomic E-state index is 5.67. The molecule has 0 amide bonds. The molecule has 0 unspecified atom stereocenters. The topological polar surface area (TPSA) is 72.9 Å². The zero-order valence-corrected chi connectivity index (χ0v) is 11.7. The largest absolute Gasteiger partial charge is 0.368 e. The van der Waals surface area contributed by atoms with Crippen molar-refractivity contribution < 1.29 is 0 Å². The standard InChI is InChI=1S/C13H20N6/c1-4-11-8-15-13(14)17-12(11)18(2)6-5-10-7-16-19(3)9-10/h7-9H,4-6H2,1-3H3,(H2,14,15,17). The molecule has 2 heterocycles. The first-order valence-corrected chi connectivity index (χ1v) is 6.40. The number of hydrogen-bond acceptors (Lipinski definition) is 5. The highest BCUT2D eigenvalue weighted by Crippen LogP contribution is 2.17. The lowest BCUT2D eigenvalue weighted by Gasteiger charge is -2.20. The summed E-state index contributed by atoms with van der Waals surface area (Å²) in [6.07, 6.45) is 7.55. The summed E-state index contributed by atoms with van der Waals surface area (Å²) in [5.41, 5.74) is 8.00. The molecule has 0 radical (unpaired) electrons. The predicted octanol–water partition coefficient (Wildman–Crippen LogP) is 1.03. The van der Waals surface area contributed by atoms with Gasteiger partial charge in [-0.15, -0.1) is 0 Å². The van der Waals surface area contributed by atoms with Crippen molar-refractivity contribution in [1.29, 1.82) is 0 Å². The molecule has 0 bridgehead atoms. The lowest BCUT2D eigenvalue weighted by molar-refractivity contribution is 0.766. The highest BCUT2D eigenvalue weighted by Gasteiger charge is 2.10. The van der Waals surface area contributed by atoms with E-state index in [-0.39, 0.29) is 0 Å². The van der Waals surface area contributed by atoms with E-state index in [4.69, 9.17) is 5.73 Å². The molecule has 0 fully saturated rings. The van der Waals surface area contributed by atoms with E-state index in [9.17, 15) is 0 Å². The van der Waals surface area contributed by atoms with Crippen LogP contribution >= 0.6 is 0 Å². The van der Waals surface area contributed by atoms with Gasteiger partial charge in [-0.2, -0.15) is 10.1 Å². The smallest absolute Gasteiger partial charge is 0.221 e. The molecule has 2 rings (SSSR count). The van der Waals surface area contributed by atoms with Crippen LogP contribution in [-0.4, -0.2) is 33.3 Å². The average Bonchev–Trinajstić information content (AvgIpc) is 2.81. The molecule has 0 aliphatic heterocycles. The minimum absolute atomic E-state index is 0.320. The monoisotopic (exact) mass is 260 g/mol. The molecule has 2 aromatic heterocycles. The summed E-state index contributed by atoms with van der Waals surface area (Å²) in [5.74, 6) is 1.24. The Kier molecular flexibility index (Phi) is 3.99. The molecule has 19 heavy (non-hydrogen) atoms. The molecule has 0 spiro atoms. The van der Waals surface area contributed by atoms with Gasteiger partial charge in [-0.05, 0) is 18.4 Å². The van der Waals surface area contributed by atoms with Crippen LogP contribution in [0.2, 0.25) is 0 Å². The number of hydrogen-bond donors (Lipinski definition) is 1. The highest BCUT2D eigenvalue weighted by atomic mass is 15.2. The summed E-state index contributed by atoms with van der Waals surface area (Å²) in [5, 5.41) is 4.17. The molecule has 0 atom stereocenters. The molecule has 6 nitrogen and oxygen atoms in total. The van der Waals surface area contributed by atoms with Gasteiger partial charge in [0, 0.05) is 38.6 Å². The zero-order valence-electron chi connectivity index (χ0n) is 11.7. The fourth-order valence-electron chi connectivity index (χ4n) is 1.99. The molecule has 102 valence electrons. The van der Waals surface area contributed by atoms with Crippen LogP contribution in [0.15, 0.2) is 18.6 Å². The van der Waals surface area contributed by atoms with Crippen molar-refractivity contribution in [3.8, 4) is 0 Å². The third-order valence-corrected chi connectivity index (χ3v) is 3.10. The molecule has 0 saturated carbocycles. The molecule has 0 aromatic carbocycles.